The number of benzene rings is 2. The lowest BCUT2D eigenvalue weighted by atomic mass is 10.2. The minimum absolute atomic E-state index is 0. The molecule has 0 fully saturated rings. The molecule has 0 spiro atoms. The van der Waals surface area contributed by atoms with Crippen LogP contribution in [-0.2, 0) is 0 Å². The van der Waals surface area contributed by atoms with Crippen LogP contribution in [0.5, 0.6) is 0 Å². The van der Waals surface area contributed by atoms with Crippen LogP contribution in [0, 0.1) is 10.1 Å². The quantitative estimate of drug-likeness (QED) is 0.397. The van der Waals surface area contributed by atoms with E-state index in [2.05, 4.69) is 15.4 Å². The second-order valence-electron chi connectivity index (χ2n) is 5.10. The Labute approximate surface area is 150 Å². The lowest BCUT2D eigenvalue weighted by molar-refractivity contribution is -0.383. The molecular formula is C19H18N4O3. The lowest BCUT2D eigenvalue weighted by Gasteiger charge is -2.01. The van der Waals surface area contributed by atoms with Crippen molar-refractivity contribution in [2.75, 3.05) is 5.48 Å². The van der Waals surface area contributed by atoms with Crippen LogP contribution in [0.1, 0.15) is 7.43 Å². The normalized spacial score (nSPS) is 9.73. The number of nitro groups is 1. The van der Waals surface area contributed by atoms with E-state index in [0.29, 0.717) is 11.2 Å². The van der Waals surface area contributed by atoms with Gasteiger partial charge in [-0.2, -0.15) is 0 Å². The summed E-state index contributed by atoms with van der Waals surface area (Å²) in [5.41, 5.74) is 4.01. The third-order valence-corrected chi connectivity index (χ3v) is 3.56. The fourth-order valence-corrected chi connectivity index (χ4v) is 2.43. The average Bonchev–Trinajstić information content (AvgIpc) is 2.67. The van der Waals surface area contributed by atoms with E-state index in [1.807, 2.05) is 24.3 Å². The molecule has 0 aliphatic heterocycles. The van der Waals surface area contributed by atoms with Crippen LogP contribution in [0.15, 0.2) is 73.1 Å². The van der Waals surface area contributed by atoms with Gasteiger partial charge in [-0.1, -0.05) is 43.8 Å². The molecule has 0 amide bonds. The molecule has 0 bridgehead atoms. The minimum Gasteiger partial charge on any atom is -0.291 e. The second kappa shape index (κ2) is 8.50. The molecule has 2 aromatic heterocycles. The highest BCUT2D eigenvalue weighted by atomic mass is 16.6. The summed E-state index contributed by atoms with van der Waals surface area (Å²) in [6.07, 6.45) is 3.25. The van der Waals surface area contributed by atoms with Gasteiger partial charge in [-0.05, 0) is 18.2 Å². The molecule has 132 valence electrons. The van der Waals surface area contributed by atoms with Crippen molar-refractivity contribution in [2.45, 2.75) is 7.43 Å². The number of fused-ring (bicyclic) bond motifs is 2. The SMILES string of the molecule is C.O=[N+]([O-])c1cccc2cccnc12.ONc1cccc2cccnc12. The molecule has 4 rings (SSSR count). The van der Waals surface area contributed by atoms with E-state index in [0.717, 1.165) is 16.3 Å². The smallest absolute Gasteiger partial charge is 0.291 e. The van der Waals surface area contributed by atoms with Crippen LogP contribution >= 0.6 is 0 Å². The van der Waals surface area contributed by atoms with Crippen LogP contribution in [-0.4, -0.2) is 20.1 Å². The van der Waals surface area contributed by atoms with Gasteiger partial charge in [-0.3, -0.25) is 25.8 Å². The van der Waals surface area contributed by atoms with E-state index in [4.69, 9.17) is 5.21 Å². The summed E-state index contributed by atoms with van der Waals surface area (Å²) in [7, 11) is 0. The maximum absolute atomic E-state index is 10.6. The fourth-order valence-electron chi connectivity index (χ4n) is 2.43. The number of nitro benzene ring substituents is 1. The summed E-state index contributed by atoms with van der Waals surface area (Å²) in [4.78, 5) is 18.2. The maximum Gasteiger partial charge on any atom is 0.295 e. The third kappa shape index (κ3) is 3.90. The number of para-hydroxylation sites is 2. The molecule has 2 aromatic carbocycles. The standard InChI is InChI=1S/C9H6N2O2.C9H8N2O.CH4/c12-11(13)8-5-1-3-7-4-2-6-10-9(7)8;12-11-8-5-1-3-7-4-2-6-10-9(7)8;/h1-6H;1-6,11-12H;1H4. The molecule has 7 heteroatoms. The van der Waals surface area contributed by atoms with Crippen LogP contribution < -0.4 is 5.48 Å². The Bertz CT molecular complexity index is 1030. The van der Waals surface area contributed by atoms with Gasteiger partial charge in [0.1, 0.15) is 5.52 Å². The first-order valence-electron chi connectivity index (χ1n) is 7.42. The number of anilines is 1. The highest BCUT2D eigenvalue weighted by Crippen LogP contribution is 2.22. The Kier molecular flexibility index (Phi) is 6.13. The van der Waals surface area contributed by atoms with Crippen molar-refractivity contribution in [3.63, 3.8) is 0 Å². The summed E-state index contributed by atoms with van der Waals surface area (Å²) in [5.74, 6) is 0. The molecule has 26 heavy (non-hydrogen) atoms. The van der Waals surface area contributed by atoms with Crippen molar-refractivity contribution in [3.05, 3.63) is 83.2 Å². The first-order chi connectivity index (χ1) is 12.2. The van der Waals surface area contributed by atoms with Crippen molar-refractivity contribution in [1.29, 1.82) is 0 Å². The number of pyridine rings is 2. The van der Waals surface area contributed by atoms with Gasteiger partial charge in [0.05, 0.1) is 16.1 Å². The Balaban J connectivity index is 0.000000180. The number of hydrogen-bond donors (Lipinski definition) is 2. The third-order valence-electron chi connectivity index (χ3n) is 3.56. The topological polar surface area (TPSA) is 101 Å². The summed E-state index contributed by atoms with van der Waals surface area (Å²) < 4.78 is 0. The summed E-state index contributed by atoms with van der Waals surface area (Å²) in [5, 5.41) is 21.1. The maximum atomic E-state index is 10.6. The molecule has 2 heterocycles. The molecule has 2 N–H and O–H groups in total. The number of nitrogens with zero attached hydrogens (tertiary/aromatic N) is 3. The zero-order valence-corrected chi connectivity index (χ0v) is 13.0. The van der Waals surface area contributed by atoms with E-state index in [9.17, 15) is 10.1 Å². The lowest BCUT2D eigenvalue weighted by Crippen LogP contribution is -1.91. The van der Waals surface area contributed by atoms with Crippen molar-refractivity contribution < 1.29 is 10.1 Å². The molecule has 0 atom stereocenters. The number of nitrogens with one attached hydrogen (secondary N) is 1. The number of hydrogen-bond acceptors (Lipinski definition) is 6. The number of rotatable bonds is 2. The minimum atomic E-state index is -0.421. The highest BCUT2D eigenvalue weighted by Gasteiger charge is 2.10. The number of aromatic nitrogens is 2. The van der Waals surface area contributed by atoms with Crippen LogP contribution in [0.3, 0.4) is 0 Å². The first kappa shape index (κ1) is 18.8. The number of non-ortho nitro benzene ring substituents is 1. The molecule has 4 aromatic rings. The van der Waals surface area contributed by atoms with E-state index in [1.165, 1.54) is 6.07 Å². The van der Waals surface area contributed by atoms with Crippen molar-refractivity contribution in [2.24, 2.45) is 0 Å². The monoisotopic (exact) mass is 350 g/mol. The van der Waals surface area contributed by atoms with Crippen LogP contribution in [0.25, 0.3) is 21.8 Å². The van der Waals surface area contributed by atoms with E-state index < -0.39 is 4.92 Å². The molecule has 0 radical (unpaired) electrons. The van der Waals surface area contributed by atoms with Crippen molar-refractivity contribution >= 4 is 33.2 Å². The predicted molar refractivity (Wildman–Crippen MR) is 102 cm³/mol. The van der Waals surface area contributed by atoms with Crippen LogP contribution in [0.2, 0.25) is 0 Å². The van der Waals surface area contributed by atoms with Gasteiger partial charge in [-0.15, -0.1) is 0 Å². The van der Waals surface area contributed by atoms with Gasteiger partial charge < -0.3 is 0 Å². The van der Waals surface area contributed by atoms with E-state index in [1.54, 1.807) is 42.7 Å². The molecule has 7 nitrogen and oxygen atoms in total. The second-order valence-corrected chi connectivity index (χ2v) is 5.10. The molecule has 0 aliphatic rings. The van der Waals surface area contributed by atoms with Gasteiger partial charge in [0.25, 0.3) is 5.69 Å². The molecule has 0 saturated heterocycles. The molecule has 0 saturated carbocycles. The Morgan fingerprint density at radius 2 is 1.38 bits per heavy atom. The van der Waals surface area contributed by atoms with Crippen molar-refractivity contribution in [1.82, 2.24) is 9.97 Å². The fraction of sp³-hybridized carbons (Fsp3) is 0.0526. The van der Waals surface area contributed by atoms with Crippen molar-refractivity contribution in [3.8, 4) is 0 Å². The highest BCUT2D eigenvalue weighted by molar-refractivity contribution is 5.89. The Hall–Kier alpha value is -3.58. The molecule has 0 unspecified atom stereocenters. The van der Waals surface area contributed by atoms with Gasteiger partial charge in [-0.25, -0.2) is 4.98 Å². The predicted octanol–water partition coefficient (Wildman–Crippen LogP) is 4.82. The zero-order chi connectivity index (χ0) is 17.6. The molecule has 0 aliphatic carbocycles. The van der Waals surface area contributed by atoms with E-state index in [-0.39, 0.29) is 13.1 Å². The van der Waals surface area contributed by atoms with Gasteiger partial charge >= 0.3 is 0 Å². The first-order valence-corrected chi connectivity index (χ1v) is 7.42. The summed E-state index contributed by atoms with van der Waals surface area (Å²) in [6.45, 7) is 0. The Morgan fingerprint density at radius 1 is 0.846 bits per heavy atom. The summed E-state index contributed by atoms with van der Waals surface area (Å²) in [6, 6.07) is 17.9. The largest absolute Gasteiger partial charge is 0.295 e. The van der Waals surface area contributed by atoms with Gasteiger partial charge in [0.2, 0.25) is 0 Å². The zero-order valence-electron chi connectivity index (χ0n) is 13.0. The molecular weight excluding hydrogens is 332 g/mol. The average molecular weight is 350 g/mol. The van der Waals surface area contributed by atoms with E-state index >= 15 is 0 Å². The van der Waals surface area contributed by atoms with Crippen LogP contribution in [0.4, 0.5) is 11.4 Å². The summed E-state index contributed by atoms with van der Waals surface area (Å²) >= 11 is 0. The van der Waals surface area contributed by atoms with Gasteiger partial charge in [0, 0.05) is 29.2 Å². The Morgan fingerprint density at radius 3 is 2.00 bits per heavy atom. The van der Waals surface area contributed by atoms with Gasteiger partial charge in [0.15, 0.2) is 0 Å².